The minimum Gasteiger partial charge on any atom is -0.394 e. The Kier molecular flexibility index (Phi) is 6.22. The molecule has 3 aromatic rings. The van der Waals surface area contributed by atoms with Crippen molar-refractivity contribution in [1.29, 1.82) is 0 Å². The van der Waals surface area contributed by atoms with Crippen molar-refractivity contribution in [2.24, 2.45) is 0 Å². The van der Waals surface area contributed by atoms with Crippen LogP contribution in [-0.2, 0) is 6.42 Å². The third-order valence-electron chi connectivity index (χ3n) is 5.21. The van der Waals surface area contributed by atoms with Gasteiger partial charge in [-0.25, -0.2) is 0 Å². The van der Waals surface area contributed by atoms with E-state index >= 15 is 0 Å². The zero-order valence-corrected chi connectivity index (χ0v) is 18.3. The SMILES string of the molecule is C#Cc1cccc(C(=O)N[C@@H](CO)Cc2c[nH]c3ccccc23)c1Br.c1cc2cc-2c1. The predicted octanol–water partition coefficient (Wildman–Crippen LogP) is 4.91. The molecule has 5 rings (SSSR count). The largest absolute Gasteiger partial charge is 0.394 e. The fraction of sp³-hybridized carbons (Fsp3) is 0.115. The summed E-state index contributed by atoms with van der Waals surface area (Å²) in [5, 5.41) is 13.7. The topological polar surface area (TPSA) is 65.1 Å². The first kappa shape index (κ1) is 20.9. The molecule has 0 bridgehead atoms. The monoisotopic (exact) mass is 472 g/mol. The maximum Gasteiger partial charge on any atom is 0.252 e. The van der Waals surface area contributed by atoms with Gasteiger partial charge in [0.15, 0.2) is 0 Å². The number of nitrogens with one attached hydrogen (secondary N) is 2. The molecule has 154 valence electrons. The van der Waals surface area contributed by atoms with Crippen LogP contribution in [0.15, 0.2) is 77.4 Å². The number of benzene rings is 3. The summed E-state index contributed by atoms with van der Waals surface area (Å²) in [6.45, 7) is -0.155. The molecular weight excluding hydrogens is 452 g/mol. The molecule has 4 nitrogen and oxygen atoms in total. The molecule has 0 unspecified atom stereocenters. The van der Waals surface area contributed by atoms with Crippen LogP contribution in [0.25, 0.3) is 22.0 Å². The first-order valence-electron chi connectivity index (χ1n) is 9.93. The number of aromatic amines is 1. The Morgan fingerprint density at radius 2 is 1.84 bits per heavy atom. The maximum atomic E-state index is 12.6. The number of hydrogen-bond acceptors (Lipinski definition) is 2. The zero-order chi connectivity index (χ0) is 21.8. The lowest BCUT2D eigenvalue weighted by Crippen LogP contribution is -2.39. The second-order valence-corrected chi connectivity index (χ2v) is 8.10. The van der Waals surface area contributed by atoms with Gasteiger partial charge in [0.1, 0.15) is 0 Å². The second kappa shape index (κ2) is 9.22. The Hall–Kier alpha value is -3.33. The van der Waals surface area contributed by atoms with Crippen molar-refractivity contribution in [3.05, 3.63) is 94.1 Å². The number of hydrogen-bond donors (Lipinski definition) is 3. The van der Waals surface area contributed by atoms with Crippen molar-refractivity contribution in [2.75, 3.05) is 6.61 Å². The number of fused-ring (bicyclic) bond motifs is 2. The van der Waals surface area contributed by atoms with Crippen LogP contribution in [0.5, 0.6) is 0 Å². The van der Waals surface area contributed by atoms with Crippen LogP contribution in [0, 0.1) is 12.3 Å². The standard InChI is InChI=1S/C20H17BrN2O2.C6H4/c1-2-13-6-5-8-17(19(13)21)20(25)23-15(12-24)10-14-11-22-18-9-4-3-7-16(14)18;1-2-5-4-6(5)3-1/h1,3-9,11,15,22,24H,10,12H2,(H,23,25);1-4H/t15-;/m1./s1. The molecule has 1 amide bonds. The number of aliphatic hydroxyl groups is 1. The minimum absolute atomic E-state index is 0.155. The molecular formula is C26H21BrN2O2. The number of H-pyrrole nitrogens is 1. The maximum absolute atomic E-state index is 12.6. The Morgan fingerprint density at radius 1 is 1.10 bits per heavy atom. The third-order valence-corrected chi connectivity index (χ3v) is 6.06. The van der Waals surface area contributed by atoms with Crippen LogP contribution < -0.4 is 5.32 Å². The molecule has 2 aromatic carbocycles. The van der Waals surface area contributed by atoms with Crippen molar-refractivity contribution < 1.29 is 9.90 Å². The number of aromatic nitrogens is 1. The minimum atomic E-state index is -0.395. The lowest BCUT2D eigenvalue weighted by molar-refractivity contribution is 0.0915. The van der Waals surface area contributed by atoms with Crippen LogP contribution in [0.3, 0.4) is 0 Å². The summed E-state index contributed by atoms with van der Waals surface area (Å²) in [5.74, 6) is 2.26. The highest BCUT2D eigenvalue weighted by Gasteiger charge is 2.18. The fourth-order valence-corrected chi connectivity index (χ4v) is 4.04. The van der Waals surface area contributed by atoms with E-state index in [1.165, 1.54) is 11.1 Å². The molecule has 0 spiro atoms. The lowest BCUT2D eigenvalue weighted by atomic mass is 10.0. The van der Waals surface area contributed by atoms with E-state index in [1.54, 1.807) is 18.2 Å². The average Bonchev–Trinajstić information content (AvgIpc) is 3.19. The highest BCUT2D eigenvalue weighted by molar-refractivity contribution is 9.10. The van der Waals surface area contributed by atoms with Crippen LogP contribution >= 0.6 is 15.9 Å². The highest BCUT2D eigenvalue weighted by Crippen LogP contribution is 2.32. The van der Waals surface area contributed by atoms with E-state index in [0.29, 0.717) is 22.0 Å². The summed E-state index contributed by atoms with van der Waals surface area (Å²) < 4.78 is 0.582. The van der Waals surface area contributed by atoms with Crippen molar-refractivity contribution >= 4 is 32.7 Å². The molecule has 0 fully saturated rings. The van der Waals surface area contributed by atoms with E-state index < -0.39 is 6.04 Å². The van der Waals surface area contributed by atoms with Gasteiger partial charge in [-0.1, -0.05) is 48.4 Å². The van der Waals surface area contributed by atoms with Crippen LogP contribution in [0.4, 0.5) is 0 Å². The van der Waals surface area contributed by atoms with Crippen molar-refractivity contribution in [3.63, 3.8) is 0 Å². The Balaban J connectivity index is 0.000000325. The third kappa shape index (κ3) is 4.72. The second-order valence-electron chi connectivity index (χ2n) is 7.31. The molecule has 2 aliphatic carbocycles. The number of amides is 1. The van der Waals surface area contributed by atoms with Gasteiger partial charge in [-0.3, -0.25) is 4.79 Å². The smallest absolute Gasteiger partial charge is 0.252 e. The molecule has 0 radical (unpaired) electrons. The van der Waals surface area contributed by atoms with Crippen LogP contribution in [-0.4, -0.2) is 28.6 Å². The number of para-hydroxylation sites is 1. The molecule has 3 N–H and O–H groups in total. The normalized spacial score (nSPS) is 11.8. The number of rotatable bonds is 5. The molecule has 1 aromatic heterocycles. The van der Waals surface area contributed by atoms with Gasteiger partial charge < -0.3 is 15.4 Å². The van der Waals surface area contributed by atoms with Gasteiger partial charge in [0.25, 0.3) is 5.91 Å². The van der Waals surface area contributed by atoms with Gasteiger partial charge in [0.2, 0.25) is 0 Å². The molecule has 0 saturated carbocycles. The Morgan fingerprint density at radius 3 is 2.48 bits per heavy atom. The number of carbonyl (C=O) groups is 1. The van der Waals surface area contributed by atoms with Crippen LogP contribution in [0.2, 0.25) is 0 Å². The predicted molar refractivity (Wildman–Crippen MR) is 128 cm³/mol. The van der Waals surface area contributed by atoms with Gasteiger partial charge in [-0.2, -0.15) is 0 Å². The molecule has 2 aliphatic rings. The fourth-order valence-electron chi connectivity index (χ4n) is 3.48. The molecule has 5 heteroatoms. The van der Waals surface area contributed by atoms with E-state index in [9.17, 15) is 9.90 Å². The summed E-state index contributed by atoms with van der Waals surface area (Å²) in [6, 6.07) is 21.2. The number of aliphatic hydroxyl groups excluding tert-OH is 1. The summed E-state index contributed by atoms with van der Waals surface area (Å²) >= 11 is 3.38. The van der Waals surface area contributed by atoms with Gasteiger partial charge in [0.05, 0.1) is 18.2 Å². The van der Waals surface area contributed by atoms with Gasteiger partial charge in [-0.05, 0) is 63.3 Å². The van der Waals surface area contributed by atoms with Crippen molar-refractivity contribution in [2.45, 2.75) is 12.5 Å². The molecule has 31 heavy (non-hydrogen) atoms. The number of halogens is 1. The van der Waals surface area contributed by atoms with Crippen molar-refractivity contribution in [3.8, 4) is 23.5 Å². The molecule has 0 saturated heterocycles. The number of terminal acetylenes is 1. The summed E-state index contributed by atoms with van der Waals surface area (Å²) in [6.07, 6.45) is 7.87. The van der Waals surface area contributed by atoms with Gasteiger partial charge in [0, 0.05) is 27.1 Å². The van der Waals surface area contributed by atoms with Crippen molar-refractivity contribution in [1.82, 2.24) is 10.3 Å². The summed E-state index contributed by atoms with van der Waals surface area (Å²) in [4.78, 5) is 15.8. The van der Waals surface area contributed by atoms with E-state index in [4.69, 9.17) is 6.42 Å². The van der Waals surface area contributed by atoms with E-state index in [-0.39, 0.29) is 12.5 Å². The first-order chi connectivity index (χ1) is 15.1. The summed E-state index contributed by atoms with van der Waals surface area (Å²) in [7, 11) is 0. The molecule has 0 aliphatic heterocycles. The van der Waals surface area contributed by atoms with E-state index in [2.05, 4.69) is 56.4 Å². The molecule has 1 heterocycles. The van der Waals surface area contributed by atoms with E-state index in [1.807, 2.05) is 30.5 Å². The van der Waals surface area contributed by atoms with Gasteiger partial charge >= 0.3 is 0 Å². The Bertz CT molecular complexity index is 1270. The van der Waals surface area contributed by atoms with E-state index in [0.717, 1.165) is 16.5 Å². The molecule has 1 atom stereocenters. The lowest BCUT2D eigenvalue weighted by Gasteiger charge is -2.17. The Labute approximate surface area is 189 Å². The quantitative estimate of drug-likeness (QED) is 0.318. The summed E-state index contributed by atoms with van der Waals surface area (Å²) in [5.41, 5.74) is 6.00. The van der Waals surface area contributed by atoms with Gasteiger partial charge in [-0.15, -0.1) is 6.42 Å². The zero-order valence-electron chi connectivity index (χ0n) is 16.7. The van der Waals surface area contributed by atoms with Crippen LogP contribution in [0.1, 0.15) is 21.5 Å². The highest BCUT2D eigenvalue weighted by atomic mass is 79.9. The number of carbonyl (C=O) groups excluding carboxylic acids is 1. The first-order valence-corrected chi connectivity index (χ1v) is 10.7. The average molecular weight is 473 g/mol.